The van der Waals surface area contributed by atoms with Gasteiger partial charge in [-0.1, -0.05) is 30.3 Å². The molecular formula is C23H22N6O2. The second-order valence-electron chi connectivity index (χ2n) is 7.35. The van der Waals surface area contributed by atoms with Crippen molar-refractivity contribution >= 4 is 22.9 Å². The Kier molecular flexibility index (Phi) is 6.05. The average Bonchev–Trinajstić information content (AvgIpc) is 2.80. The van der Waals surface area contributed by atoms with Crippen molar-refractivity contribution in [1.29, 1.82) is 5.26 Å². The van der Waals surface area contributed by atoms with Gasteiger partial charge in [0.25, 0.3) is 0 Å². The number of anilines is 3. The van der Waals surface area contributed by atoms with Crippen molar-refractivity contribution in [2.45, 2.75) is 6.54 Å². The van der Waals surface area contributed by atoms with Gasteiger partial charge in [-0.2, -0.15) is 5.26 Å². The van der Waals surface area contributed by atoms with Gasteiger partial charge in [0.1, 0.15) is 11.9 Å². The van der Waals surface area contributed by atoms with Crippen molar-refractivity contribution in [2.75, 3.05) is 36.4 Å². The summed E-state index contributed by atoms with van der Waals surface area (Å²) >= 11 is 0. The number of aromatic nitrogens is 1. The Balaban J connectivity index is 1.35. The predicted octanol–water partition coefficient (Wildman–Crippen LogP) is 3.93. The van der Waals surface area contributed by atoms with E-state index < -0.39 is 4.92 Å². The van der Waals surface area contributed by atoms with Gasteiger partial charge in [-0.05, 0) is 35.9 Å². The van der Waals surface area contributed by atoms with Gasteiger partial charge in [0.15, 0.2) is 0 Å². The standard InChI is InChI=1S/C23H22N6O2/c24-16-21-22(29(30)31)10-11-23(26-21)25-19-6-8-20(9-7-19)28-14-12-27(13-15-28)17-18-4-2-1-3-5-18/h1-11H,12-15,17H2,(H,25,26). The largest absolute Gasteiger partial charge is 0.369 e. The highest BCUT2D eigenvalue weighted by Gasteiger charge is 2.18. The number of benzene rings is 2. The van der Waals surface area contributed by atoms with Crippen molar-refractivity contribution < 1.29 is 4.92 Å². The summed E-state index contributed by atoms with van der Waals surface area (Å²) in [6.45, 7) is 4.94. The van der Waals surface area contributed by atoms with E-state index >= 15 is 0 Å². The molecule has 8 heteroatoms. The summed E-state index contributed by atoms with van der Waals surface area (Å²) in [7, 11) is 0. The molecule has 0 amide bonds. The van der Waals surface area contributed by atoms with E-state index in [-0.39, 0.29) is 11.4 Å². The number of nitrogens with one attached hydrogen (secondary N) is 1. The first kappa shape index (κ1) is 20.3. The first-order valence-electron chi connectivity index (χ1n) is 10.1. The van der Waals surface area contributed by atoms with Crippen LogP contribution >= 0.6 is 0 Å². The van der Waals surface area contributed by atoms with E-state index in [1.54, 1.807) is 6.07 Å². The summed E-state index contributed by atoms with van der Waals surface area (Å²) in [5.41, 5.74) is 2.79. The molecule has 3 aromatic rings. The Bertz CT molecular complexity index is 1090. The maximum Gasteiger partial charge on any atom is 0.305 e. The Morgan fingerprint density at radius 3 is 2.35 bits per heavy atom. The van der Waals surface area contributed by atoms with E-state index in [4.69, 9.17) is 5.26 Å². The number of pyridine rings is 1. The van der Waals surface area contributed by atoms with Gasteiger partial charge in [0.05, 0.1) is 4.92 Å². The van der Waals surface area contributed by atoms with Gasteiger partial charge < -0.3 is 10.2 Å². The van der Waals surface area contributed by atoms with Gasteiger partial charge >= 0.3 is 5.69 Å². The third-order valence-corrected chi connectivity index (χ3v) is 5.30. The van der Waals surface area contributed by atoms with Crippen LogP contribution in [-0.2, 0) is 6.54 Å². The van der Waals surface area contributed by atoms with Crippen LogP contribution in [0.1, 0.15) is 11.3 Å². The number of hydrogen-bond acceptors (Lipinski definition) is 7. The number of nitriles is 1. The van der Waals surface area contributed by atoms with E-state index in [9.17, 15) is 10.1 Å². The van der Waals surface area contributed by atoms with Crippen LogP contribution in [0.25, 0.3) is 0 Å². The van der Waals surface area contributed by atoms with Crippen molar-refractivity contribution in [2.24, 2.45) is 0 Å². The van der Waals surface area contributed by atoms with Crippen LogP contribution in [0, 0.1) is 21.4 Å². The molecule has 1 aliphatic heterocycles. The van der Waals surface area contributed by atoms with Gasteiger partial charge in [-0.3, -0.25) is 15.0 Å². The normalized spacial score (nSPS) is 14.1. The summed E-state index contributed by atoms with van der Waals surface area (Å²) < 4.78 is 0. The summed E-state index contributed by atoms with van der Waals surface area (Å²) in [5, 5.41) is 23.1. The van der Waals surface area contributed by atoms with Crippen LogP contribution in [0.2, 0.25) is 0 Å². The molecule has 2 aromatic carbocycles. The van der Waals surface area contributed by atoms with E-state index in [1.807, 2.05) is 30.3 Å². The molecule has 0 bridgehead atoms. The second kappa shape index (κ2) is 9.24. The van der Waals surface area contributed by atoms with Crippen LogP contribution < -0.4 is 10.2 Å². The van der Waals surface area contributed by atoms with Crippen LogP contribution in [0.4, 0.5) is 22.9 Å². The second-order valence-corrected chi connectivity index (χ2v) is 7.35. The van der Waals surface area contributed by atoms with Gasteiger partial charge in [-0.15, -0.1) is 0 Å². The highest BCUT2D eigenvalue weighted by molar-refractivity contribution is 5.62. The molecule has 0 radical (unpaired) electrons. The zero-order valence-corrected chi connectivity index (χ0v) is 16.9. The molecule has 156 valence electrons. The van der Waals surface area contributed by atoms with Gasteiger partial charge in [-0.25, -0.2) is 4.98 Å². The van der Waals surface area contributed by atoms with Gasteiger partial charge in [0.2, 0.25) is 5.69 Å². The lowest BCUT2D eigenvalue weighted by Gasteiger charge is -2.36. The van der Waals surface area contributed by atoms with Gasteiger partial charge in [0, 0.05) is 50.2 Å². The smallest absolute Gasteiger partial charge is 0.305 e. The summed E-state index contributed by atoms with van der Waals surface area (Å²) in [6, 6.07) is 23.1. The molecule has 1 fully saturated rings. The summed E-state index contributed by atoms with van der Waals surface area (Å²) in [6.07, 6.45) is 0. The minimum atomic E-state index is -0.607. The van der Waals surface area contributed by atoms with E-state index in [2.05, 4.69) is 44.4 Å². The van der Waals surface area contributed by atoms with Crippen molar-refractivity contribution in [3.8, 4) is 6.07 Å². The Morgan fingerprint density at radius 2 is 1.71 bits per heavy atom. The molecule has 1 aromatic heterocycles. The molecule has 0 spiro atoms. The fourth-order valence-corrected chi connectivity index (χ4v) is 3.66. The highest BCUT2D eigenvalue weighted by atomic mass is 16.6. The third kappa shape index (κ3) is 4.97. The number of hydrogen-bond donors (Lipinski definition) is 1. The zero-order chi connectivity index (χ0) is 21.6. The lowest BCUT2D eigenvalue weighted by molar-refractivity contribution is -0.385. The minimum absolute atomic E-state index is 0.208. The van der Waals surface area contributed by atoms with Crippen LogP contribution in [0.5, 0.6) is 0 Å². The van der Waals surface area contributed by atoms with E-state index in [1.165, 1.54) is 17.7 Å². The first-order chi connectivity index (χ1) is 15.1. The molecular weight excluding hydrogens is 392 g/mol. The third-order valence-electron chi connectivity index (χ3n) is 5.30. The number of piperazine rings is 1. The SMILES string of the molecule is N#Cc1nc(Nc2ccc(N3CCN(Cc4ccccc4)CC3)cc2)ccc1[N+](=O)[O-]. The van der Waals surface area contributed by atoms with Crippen LogP contribution in [0.3, 0.4) is 0 Å². The zero-order valence-electron chi connectivity index (χ0n) is 16.9. The molecule has 0 aliphatic carbocycles. The molecule has 0 atom stereocenters. The molecule has 0 unspecified atom stereocenters. The Labute approximate surface area is 180 Å². The monoisotopic (exact) mass is 414 g/mol. The van der Waals surface area contributed by atoms with Crippen LogP contribution in [0.15, 0.2) is 66.7 Å². The van der Waals surface area contributed by atoms with E-state index in [0.29, 0.717) is 5.82 Å². The molecule has 1 N–H and O–H groups in total. The maximum absolute atomic E-state index is 10.9. The predicted molar refractivity (Wildman–Crippen MR) is 119 cm³/mol. The topological polar surface area (TPSA) is 98.3 Å². The molecule has 4 rings (SSSR count). The van der Waals surface area contributed by atoms with E-state index in [0.717, 1.165) is 44.1 Å². The lowest BCUT2D eigenvalue weighted by atomic mass is 10.2. The Morgan fingerprint density at radius 1 is 1.00 bits per heavy atom. The lowest BCUT2D eigenvalue weighted by Crippen LogP contribution is -2.45. The summed E-state index contributed by atoms with van der Waals surface area (Å²) in [4.78, 5) is 19.2. The molecule has 1 aliphatic rings. The molecule has 8 nitrogen and oxygen atoms in total. The first-order valence-corrected chi connectivity index (χ1v) is 10.1. The molecule has 31 heavy (non-hydrogen) atoms. The highest BCUT2D eigenvalue weighted by Crippen LogP contribution is 2.24. The number of nitro groups is 1. The maximum atomic E-state index is 10.9. The van der Waals surface area contributed by atoms with Crippen molar-refractivity contribution in [3.05, 3.63) is 88.1 Å². The fourth-order valence-electron chi connectivity index (χ4n) is 3.66. The minimum Gasteiger partial charge on any atom is -0.369 e. The van der Waals surface area contributed by atoms with Crippen molar-refractivity contribution in [3.63, 3.8) is 0 Å². The van der Waals surface area contributed by atoms with Crippen molar-refractivity contribution in [1.82, 2.24) is 9.88 Å². The number of rotatable bonds is 6. The molecule has 2 heterocycles. The van der Waals surface area contributed by atoms with Crippen LogP contribution in [-0.4, -0.2) is 41.0 Å². The molecule has 1 saturated heterocycles. The fraction of sp³-hybridized carbons (Fsp3) is 0.217. The number of nitrogens with zero attached hydrogens (tertiary/aromatic N) is 5. The Hall–Kier alpha value is -3.96. The average molecular weight is 414 g/mol. The summed E-state index contributed by atoms with van der Waals surface area (Å²) in [5.74, 6) is 0.393. The molecule has 0 saturated carbocycles. The quantitative estimate of drug-likeness (QED) is 0.482.